The number of rotatable bonds is 4. The van der Waals surface area contributed by atoms with E-state index in [1.807, 2.05) is 55.5 Å². The van der Waals surface area contributed by atoms with Crippen LogP contribution in [0.25, 0.3) is 0 Å². The van der Waals surface area contributed by atoms with Crippen LogP contribution in [0, 0.1) is 6.92 Å². The van der Waals surface area contributed by atoms with Gasteiger partial charge in [0.25, 0.3) is 0 Å². The zero-order chi connectivity index (χ0) is 19.5. The van der Waals surface area contributed by atoms with Crippen molar-refractivity contribution in [2.45, 2.75) is 32.2 Å². The van der Waals surface area contributed by atoms with E-state index in [2.05, 4.69) is 20.8 Å². The third-order valence-corrected chi connectivity index (χ3v) is 4.71. The molecule has 1 aromatic heterocycles. The Morgan fingerprint density at radius 2 is 2.04 bits per heavy atom. The number of aryl methyl sites for hydroxylation is 2. The maximum atomic E-state index is 12.5. The summed E-state index contributed by atoms with van der Waals surface area (Å²) in [7, 11) is 0. The molecule has 0 saturated carbocycles. The molecule has 2 N–H and O–H groups in total. The highest BCUT2D eigenvalue weighted by atomic mass is 16.4. The van der Waals surface area contributed by atoms with E-state index in [1.165, 1.54) is 0 Å². The largest absolute Gasteiger partial charge is 0.417 e. The zero-order valence-electron chi connectivity index (χ0n) is 15.4. The molecule has 0 fully saturated rings. The zero-order valence-corrected chi connectivity index (χ0v) is 15.4. The van der Waals surface area contributed by atoms with Crippen LogP contribution < -0.4 is 10.6 Å². The topological polar surface area (TPSA) is 97.1 Å². The van der Waals surface area contributed by atoms with Gasteiger partial charge in [0.1, 0.15) is 6.04 Å². The lowest BCUT2D eigenvalue weighted by Gasteiger charge is -2.13. The van der Waals surface area contributed by atoms with E-state index in [0.29, 0.717) is 25.2 Å². The number of carbonyl (C=O) groups excluding carboxylic acids is 2. The molecule has 0 saturated heterocycles. The normalized spacial score (nSPS) is 16.0. The molecule has 142 valence electrons. The standard InChI is InChI=1S/C21H20N4O3/c1-13-7-8-15-9-10-16(19(26)23-17(15)11-13)22-20(27)21-25-24-18(28-21)12-14-5-3-2-4-6-14/h2-8,11,16H,9-10,12H2,1H3,(H,22,27)(H,23,26)/t16-/m0/s1. The van der Waals surface area contributed by atoms with Gasteiger partial charge in [-0.1, -0.05) is 42.5 Å². The second kappa shape index (κ2) is 7.64. The van der Waals surface area contributed by atoms with Crippen LogP contribution in [0.5, 0.6) is 0 Å². The minimum atomic E-state index is -0.662. The molecule has 7 nitrogen and oxygen atoms in total. The number of anilines is 1. The van der Waals surface area contributed by atoms with E-state index in [0.717, 1.165) is 22.4 Å². The van der Waals surface area contributed by atoms with Crippen LogP contribution in [0.15, 0.2) is 52.9 Å². The van der Waals surface area contributed by atoms with Gasteiger partial charge in [0, 0.05) is 5.69 Å². The number of hydrogen-bond acceptors (Lipinski definition) is 5. The molecule has 1 atom stereocenters. The number of hydrogen-bond donors (Lipinski definition) is 2. The van der Waals surface area contributed by atoms with Crippen molar-refractivity contribution in [3.63, 3.8) is 0 Å². The van der Waals surface area contributed by atoms with Crippen LogP contribution in [-0.4, -0.2) is 28.1 Å². The van der Waals surface area contributed by atoms with Crippen molar-refractivity contribution in [1.82, 2.24) is 15.5 Å². The molecule has 2 amide bonds. The van der Waals surface area contributed by atoms with Gasteiger partial charge in [-0.05, 0) is 42.5 Å². The maximum Gasteiger partial charge on any atom is 0.309 e. The Bertz CT molecular complexity index is 1010. The second-order valence-electron chi connectivity index (χ2n) is 6.88. The molecule has 28 heavy (non-hydrogen) atoms. The lowest BCUT2D eigenvalue weighted by Crippen LogP contribution is -2.43. The molecule has 2 heterocycles. The number of benzene rings is 2. The van der Waals surface area contributed by atoms with Gasteiger partial charge in [-0.3, -0.25) is 9.59 Å². The molecule has 0 radical (unpaired) electrons. The lowest BCUT2D eigenvalue weighted by atomic mass is 10.0. The first kappa shape index (κ1) is 17.9. The van der Waals surface area contributed by atoms with Crippen LogP contribution in [0.2, 0.25) is 0 Å². The number of fused-ring (bicyclic) bond motifs is 1. The van der Waals surface area contributed by atoms with Crippen LogP contribution in [0.1, 0.15) is 39.7 Å². The third kappa shape index (κ3) is 3.93. The fourth-order valence-corrected chi connectivity index (χ4v) is 3.22. The molecular weight excluding hydrogens is 356 g/mol. The molecule has 2 aromatic carbocycles. The van der Waals surface area contributed by atoms with Crippen LogP contribution in [-0.2, 0) is 17.6 Å². The highest BCUT2D eigenvalue weighted by molar-refractivity contribution is 6.00. The Kier molecular flexibility index (Phi) is 4.89. The average Bonchev–Trinajstić information content (AvgIpc) is 3.09. The predicted molar refractivity (Wildman–Crippen MR) is 103 cm³/mol. The number of amides is 2. The maximum absolute atomic E-state index is 12.5. The van der Waals surface area contributed by atoms with Gasteiger partial charge >= 0.3 is 11.8 Å². The number of aromatic nitrogens is 2. The predicted octanol–water partition coefficient (Wildman–Crippen LogP) is 2.65. The van der Waals surface area contributed by atoms with E-state index in [4.69, 9.17) is 4.42 Å². The highest BCUT2D eigenvalue weighted by Gasteiger charge is 2.27. The lowest BCUT2D eigenvalue weighted by molar-refractivity contribution is -0.118. The van der Waals surface area contributed by atoms with Crippen molar-refractivity contribution in [3.05, 3.63) is 77.0 Å². The molecule has 0 spiro atoms. The molecular formula is C21H20N4O3. The van der Waals surface area contributed by atoms with Gasteiger partial charge in [0.2, 0.25) is 11.8 Å². The first-order valence-electron chi connectivity index (χ1n) is 9.16. The summed E-state index contributed by atoms with van der Waals surface area (Å²) in [6, 6.07) is 14.9. The van der Waals surface area contributed by atoms with Crippen LogP contribution >= 0.6 is 0 Å². The Labute approximate surface area is 162 Å². The number of carbonyl (C=O) groups is 2. The minimum Gasteiger partial charge on any atom is -0.417 e. The SMILES string of the molecule is Cc1ccc2c(c1)NC(=O)[C@@H](NC(=O)c1nnc(Cc3ccccc3)o1)CC2. The van der Waals surface area contributed by atoms with Crippen molar-refractivity contribution in [2.75, 3.05) is 5.32 Å². The van der Waals surface area contributed by atoms with E-state index in [1.54, 1.807) is 0 Å². The third-order valence-electron chi connectivity index (χ3n) is 4.71. The van der Waals surface area contributed by atoms with Crippen LogP contribution in [0.4, 0.5) is 5.69 Å². The highest BCUT2D eigenvalue weighted by Crippen LogP contribution is 2.23. The smallest absolute Gasteiger partial charge is 0.309 e. The summed E-state index contributed by atoms with van der Waals surface area (Å²) in [5.41, 5.74) is 3.93. The average molecular weight is 376 g/mol. The van der Waals surface area contributed by atoms with Crippen molar-refractivity contribution >= 4 is 17.5 Å². The van der Waals surface area contributed by atoms with Crippen molar-refractivity contribution < 1.29 is 14.0 Å². The summed E-state index contributed by atoms with van der Waals surface area (Å²) in [5.74, 6) is -0.586. The first-order chi connectivity index (χ1) is 13.6. The summed E-state index contributed by atoms with van der Waals surface area (Å²) in [4.78, 5) is 25.0. The van der Waals surface area contributed by atoms with Gasteiger partial charge < -0.3 is 15.1 Å². The quantitative estimate of drug-likeness (QED) is 0.730. The summed E-state index contributed by atoms with van der Waals surface area (Å²) >= 11 is 0. The van der Waals surface area contributed by atoms with Crippen LogP contribution in [0.3, 0.4) is 0 Å². The molecule has 1 aliphatic rings. The molecule has 0 unspecified atom stereocenters. The van der Waals surface area contributed by atoms with Gasteiger partial charge in [-0.2, -0.15) is 0 Å². The fourth-order valence-electron chi connectivity index (χ4n) is 3.22. The van der Waals surface area contributed by atoms with Crippen molar-refractivity contribution in [1.29, 1.82) is 0 Å². The second-order valence-corrected chi connectivity index (χ2v) is 6.88. The van der Waals surface area contributed by atoms with E-state index >= 15 is 0 Å². The Balaban J connectivity index is 1.42. The van der Waals surface area contributed by atoms with Crippen molar-refractivity contribution in [3.8, 4) is 0 Å². The van der Waals surface area contributed by atoms with Gasteiger partial charge in [-0.15, -0.1) is 10.2 Å². The number of nitrogens with one attached hydrogen (secondary N) is 2. The summed E-state index contributed by atoms with van der Waals surface area (Å²) in [6.07, 6.45) is 1.63. The van der Waals surface area contributed by atoms with Gasteiger partial charge in [0.15, 0.2) is 0 Å². The van der Waals surface area contributed by atoms with E-state index in [-0.39, 0.29) is 11.8 Å². The summed E-state index contributed by atoms with van der Waals surface area (Å²) < 4.78 is 5.47. The summed E-state index contributed by atoms with van der Waals surface area (Å²) in [6.45, 7) is 1.97. The molecule has 3 aromatic rings. The van der Waals surface area contributed by atoms with E-state index < -0.39 is 11.9 Å². The Hall–Kier alpha value is -3.48. The first-order valence-corrected chi connectivity index (χ1v) is 9.16. The monoisotopic (exact) mass is 376 g/mol. The molecule has 0 aliphatic carbocycles. The molecule has 0 bridgehead atoms. The van der Waals surface area contributed by atoms with E-state index in [9.17, 15) is 9.59 Å². The fraction of sp³-hybridized carbons (Fsp3) is 0.238. The Morgan fingerprint density at radius 3 is 2.86 bits per heavy atom. The number of nitrogens with zero attached hydrogens (tertiary/aromatic N) is 2. The molecule has 1 aliphatic heterocycles. The van der Waals surface area contributed by atoms with Gasteiger partial charge in [0.05, 0.1) is 6.42 Å². The summed E-state index contributed by atoms with van der Waals surface area (Å²) in [5, 5.41) is 13.3. The molecule has 7 heteroatoms. The molecule has 4 rings (SSSR count). The minimum absolute atomic E-state index is 0.142. The van der Waals surface area contributed by atoms with Crippen molar-refractivity contribution in [2.24, 2.45) is 0 Å². The Morgan fingerprint density at radius 1 is 1.21 bits per heavy atom. The van der Waals surface area contributed by atoms with Gasteiger partial charge in [-0.25, -0.2) is 0 Å².